The Morgan fingerprint density at radius 2 is 2.57 bits per heavy atom. The average Bonchev–Trinajstić information content (AvgIpc) is 3.17. The number of nitrogens with zero attached hydrogens (tertiary/aromatic N) is 2. The number of likely N-dealkylation sites (tertiary alicyclic amines) is 1. The first-order valence-electron chi connectivity index (χ1n) is 7.36. The van der Waals surface area contributed by atoms with E-state index in [0.29, 0.717) is 13.1 Å². The normalized spacial score (nSPS) is 29.6. The van der Waals surface area contributed by atoms with Crippen LogP contribution in [0.4, 0.5) is 0 Å². The first kappa shape index (κ1) is 14.3. The zero-order valence-electron chi connectivity index (χ0n) is 12.2. The van der Waals surface area contributed by atoms with E-state index in [1.54, 1.807) is 31.8 Å². The van der Waals surface area contributed by atoms with Gasteiger partial charge in [-0.1, -0.05) is 0 Å². The maximum Gasteiger partial charge on any atom is 0.246 e. The van der Waals surface area contributed by atoms with Gasteiger partial charge in [-0.2, -0.15) is 0 Å². The standard InChI is InChI=1S/C15H21N3O3/c1-20-13-5-7-18(10-15(13)6-2-8-21-15)14(19)4-3-12-9-16-11-17-12/h3-4,9,11,13H,2,5-8,10H2,1H3,(H,16,17)/t13-,15-/m0/s1. The number of methoxy groups -OCH3 is 1. The predicted octanol–water partition coefficient (Wildman–Crippen LogP) is 1.22. The van der Waals surface area contributed by atoms with E-state index in [-0.39, 0.29) is 17.6 Å². The first-order chi connectivity index (χ1) is 10.2. The van der Waals surface area contributed by atoms with Crippen molar-refractivity contribution in [1.82, 2.24) is 14.9 Å². The van der Waals surface area contributed by atoms with E-state index in [0.717, 1.165) is 31.6 Å². The van der Waals surface area contributed by atoms with Crippen LogP contribution in [0.3, 0.4) is 0 Å². The number of aromatic nitrogens is 2. The van der Waals surface area contributed by atoms with Gasteiger partial charge in [-0.05, 0) is 25.3 Å². The van der Waals surface area contributed by atoms with E-state index in [4.69, 9.17) is 9.47 Å². The Hall–Kier alpha value is -1.66. The Kier molecular flexibility index (Phi) is 4.07. The maximum atomic E-state index is 12.3. The largest absolute Gasteiger partial charge is 0.378 e. The first-order valence-corrected chi connectivity index (χ1v) is 7.36. The van der Waals surface area contributed by atoms with Gasteiger partial charge in [0.1, 0.15) is 5.60 Å². The summed E-state index contributed by atoms with van der Waals surface area (Å²) in [5.74, 6) is 0.00836. The third-order valence-electron chi connectivity index (χ3n) is 4.36. The van der Waals surface area contributed by atoms with Crippen molar-refractivity contribution in [1.29, 1.82) is 0 Å². The van der Waals surface area contributed by atoms with Gasteiger partial charge in [0.2, 0.25) is 5.91 Å². The number of aromatic amines is 1. The summed E-state index contributed by atoms with van der Waals surface area (Å²) in [7, 11) is 1.73. The Morgan fingerprint density at radius 1 is 1.67 bits per heavy atom. The molecule has 2 fully saturated rings. The number of hydrogen-bond donors (Lipinski definition) is 1. The van der Waals surface area contributed by atoms with Crippen molar-refractivity contribution in [2.75, 3.05) is 26.8 Å². The van der Waals surface area contributed by atoms with Crippen LogP contribution in [0.25, 0.3) is 6.08 Å². The molecule has 1 amide bonds. The second kappa shape index (κ2) is 5.99. The number of hydrogen-bond acceptors (Lipinski definition) is 4. The number of H-pyrrole nitrogens is 1. The summed E-state index contributed by atoms with van der Waals surface area (Å²) in [5.41, 5.74) is 0.506. The highest BCUT2D eigenvalue weighted by molar-refractivity contribution is 5.91. The van der Waals surface area contributed by atoms with Gasteiger partial charge in [-0.3, -0.25) is 4.79 Å². The molecule has 3 rings (SSSR count). The molecule has 3 heterocycles. The zero-order valence-corrected chi connectivity index (χ0v) is 12.2. The number of ether oxygens (including phenoxy) is 2. The lowest BCUT2D eigenvalue weighted by atomic mass is 9.87. The van der Waals surface area contributed by atoms with Crippen LogP contribution in [0.5, 0.6) is 0 Å². The highest BCUT2D eigenvalue weighted by Crippen LogP contribution is 2.36. The SMILES string of the molecule is CO[C@H]1CCN(C(=O)C=Cc2cnc[nH]2)C[C@@]12CCCO2. The summed E-state index contributed by atoms with van der Waals surface area (Å²) in [5, 5.41) is 0. The molecule has 0 bridgehead atoms. The number of rotatable bonds is 3. The van der Waals surface area contributed by atoms with Crippen LogP contribution in [-0.2, 0) is 14.3 Å². The Labute approximate surface area is 124 Å². The summed E-state index contributed by atoms with van der Waals surface area (Å²) in [4.78, 5) is 21.1. The van der Waals surface area contributed by atoms with Crippen LogP contribution >= 0.6 is 0 Å². The molecule has 21 heavy (non-hydrogen) atoms. The smallest absolute Gasteiger partial charge is 0.246 e. The van der Waals surface area contributed by atoms with Gasteiger partial charge in [0.05, 0.1) is 30.9 Å². The number of imidazole rings is 1. The third kappa shape index (κ3) is 2.87. The molecule has 0 radical (unpaired) electrons. The molecular weight excluding hydrogens is 270 g/mol. The van der Waals surface area contributed by atoms with Gasteiger partial charge >= 0.3 is 0 Å². The molecule has 114 valence electrons. The van der Waals surface area contributed by atoms with Crippen LogP contribution in [0.1, 0.15) is 25.0 Å². The van der Waals surface area contributed by atoms with E-state index >= 15 is 0 Å². The Bertz CT molecular complexity index is 506. The van der Waals surface area contributed by atoms with Crippen LogP contribution < -0.4 is 0 Å². The van der Waals surface area contributed by atoms with Crippen molar-refractivity contribution in [2.45, 2.75) is 31.0 Å². The van der Waals surface area contributed by atoms with Gasteiger partial charge in [0.25, 0.3) is 0 Å². The van der Waals surface area contributed by atoms with E-state index in [2.05, 4.69) is 9.97 Å². The molecule has 2 aliphatic rings. The van der Waals surface area contributed by atoms with Gasteiger partial charge in [-0.25, -0.2) is 4.98 Å². The molecule has 1 spiro atoms. The van der Waals surface area contributed by atoms with Crippen LogP contribution in [0.2, 0.25) is 0 Å². The summed E-state index contributed by atoms with van der Waals surface area (Å²) in [6, 6.07) is 0. The summed E-state index contributed by atoms with van der Waals surface area (Å²) in [6.07, 6.45) is 9.51. The van der Waals surface area contributed by atoms with Gasteiger partial charge in [0.15, 0.2) is 0 Å². The lowest BCUT2D eigenvalue weighted by Gasteiger charge is -2.44. The van der Waals surface area contributed by atoms with Crippen molar-refractivity contribution in [3.63, 3.8) is 0 Å². The lowest BCUT2D eigenvalue weighted by Crippen LogP contribution is -2.58. The predicted molar refractivity (Wildman–Crippen MR) is 77.5 cm³/mol. The zero-order chi connectivity index (χ0) is 14.7. The number of piperidine rings is 1. The molecule has 6 nitrogen and oxygen atoms in total. The molecule has 1 N–H and O–H groups in total. The van der Waals surface area contributed by atoms with E-state index in [9.17, 15) is 4.79 Å². The highest BCUT2D eigenvalue weighted by Gasteiger charge is 2.47. The fourth-order valence-corrected chi connectivity index (χ4v) is 3.28. The van der Waals surface area contributed by atoms with Gasteiger partial charge < -0.3 is 19.4 Å². The minimum Gasteiger partial charge on any atom is -0.378 e. The quantitative estimate of drug-likeness (QED) is 0.850. The van der Waals surface area contributed by atoms with Crippen molar-refractivity contribution in [3.05, 3.63) is 24.3 Å². The molecule has 0 unspecified atom stereocenters. The Morgan fingerprint density at radius 3 is 3.24 bits per heavy atom. The van der Waals surface area contributed by atoms with E-state index < -0.39 is 0 Å². The van der Waals surface area contributed by atoms with Crippen molar-refractivity contribution in [2.24, 2.45) is 0 Å². The fraction of sp³-hybridized carbons (Fsp3) is 0.600. The second-order valence-electron chi connectivity index (χ2n) is 5.63. The van der Waals surface area contributed by atoms with Crippen molar-refractivity contribution in [3.8, 4) is 0 Å². The number of nitrogens with one attached hydrogen (secondary N) is 1. The number of carbonyl (C=O) groups is 1. The molecular formula is C15H21N3O3. The molecule has 2 aliphatic heterocycles. The molecule has 0 aliphatic carbocycles. The van der Waals surface area contributed by atoms with E-state index in [1.165, 1.54) is 0 Å². The molecule has 0 saturated carbocycles. The van der Waals surface area contributed by atoms with Crippen molar-refractivity contribution >= 4 is 12.0 Å². The average molecular weight is 291 g/mol. The number of amides is 1. The Balaban J connectivity index is 1.67. The van der Waals surface area contributed by atoms with Crippen LogP contribution in [0, 0.1) is 0 Å². The summed E-state index contributed by atoms with van der Waals surface area (Å²) in [6.45, 7) is 2.07. The highest BCUT2D eigenvalue weighted by atomic mass is 16.6. The third-order valence-corrected chi connectivity index (χ3v) is 4.36. The lowest BCUT2D eigenvalue weighted by molar-refractivity contribution is -0.157. The van der Waals surface area contributed by atoms with E-state index in [1.807, 2.05) is 4.90 Å². The molecule has 1 aromatic rings. The van der Waals surface area contributed by atoms with Crippen molar-refractivity contribution < 1.29 is 14.3 Å². The minimum atomic E-state index is -0.315. The minimum absolute atomic E-state index is 0.00836. The number of carbonyl (C=O) groups excluding carboxylic acids is 1. The fourth-order valence-electron chi connectivity index (χ4n) is 3.28. The monoisotopic (exact) mass is 291 g/mol. The second-order valence-corrected chi connectivity index (χ2v) is 5.63. The molecule has 2 atom stereocenters. The molecule has 6 heteroatoms. The molecule has 1 aromatic heterocycles. The molecule has 0 aromatic carbocycles. The summed E-state index contributed by atoms with van der Waals surface area (Å²) >= 11 is 0. The molecule has 2 saturated heterocycles. The summed E-state index contributed by atoms with van der Waals surface area (Å²) < 4.78 is 11.5. The van der Waals surface area contributed by atoms with Gasteiger partial charge in [-0.15, -0.1) is 0 Å². The van der Waals surface area contributed by atoms with Crippen LogP contribution in [0.15, 0.2) is 18.6 Å². The van der Waals surface area contributed by atoms with Crippen LogP contribution in [-0.4, -0.2) is 59.3 Å². The topological polar surface area (TPSA) is 67.5 Å². The van der Waals surface area contributed by atoms with Gasteiger partial charge in [0, 0.05) is 26.3 Å². The maximum absolute atomic E-state index is 12.3.